The topological polar surface area (TPSA) is 97.3 Å². The molecule has 0 spiro atoms. The minimum atomic E-state index is -4.24. The number of carbonyl (C=O) groups is 1. The van der Waals surface area contributed by atoms with Gasteiger partial charge < -0.3 is 9.47 Å². The van der Waals surface area contributed by atoms with E-state index in [4.69, 9.17) is 9.47 Å². The Morgan fingerprint density at radius 3 is 2.41 bits per heavy atom. The number of sulfonamides is 1. The van der Waals surface area contributed by atoms with E-state index in [1.807, 2.05) is 6.92 Å². The fourth-order valence-corrected chi connectivity index (χ4v) is 4.48. The van der Waals surface area contributed by atoms with E-state index in [-0.39, 0.29) is 10.6 Å². The van der Waals surface area contributed by atoms with Crippen molar-refractivity contribution >= 4 is 27.8 Å². The molecule has 3 aromatic rings. The second-order valence-electron chi connectivity index (χ2n) is 7.18. The van der Waals surface area contributed by atoms with Gasteiger partial charge in [-0.1, -0.05) is 29.8 Å². The first-order chi connectivity index (χ1) is 16.3. The molecule has 178 valence electrons. The third-order valence-corrected chi connectivity index (χ3v) is 6.62. The van der Waals surface area contributed by atoms with Crippen LogP contribution >= 0.6 is 0 Å². The summed E-state index contributed by atoms with van der Waals surface area (Å²) in [5.74, 6) is -0.493. The van der Waals surface area contributed by atoms with Crippen molar-refractivity contribution in [2.75, 3.05) is 25.1 Å². The lowest BCUT2D eigenvalue weighted by Gasteiger charge is -2.24. The van der Waals surface area contributed by atoms with Crippen LogP contribution in [0.3, 0.4) is 0 Å². The summed E-state index contributed by atoms with van der Waals surface area (Å²) < 4.78 is 52.2. The minimum absolute atomic E-state index is 0.0689. The third kappa shape index (κ3) is 5.70. The molecule has 34 heavy (non-hydrogen) atoms. The van der Waals surface area contributed by atoms with Gasteiger partial charge in [-0.25, -0.2) is 18.2 Å². The quantitative estimate of drug-likeness (QED) is 0.370. The van der Waals surface area contributed by atoms with Gasteiger partial charge in [-0.2, -0.15) is 5.10 Å². The van der Waals surface area contributed by atoms with Crippen molar-refractivity contribution in [3.05, 3.63) is 83.7 Å². The Labute approximate surface area is 197 Å². The molecular weight excluding hydrogens is 461 g/mol. The molecule has 0 aliphatic heterocycles. The van der Waals surface area contributed by atoms with E-state index in [2.05, 4.69) is 10.5 Å². The van der Waals surface area contributed by atoms with E-state index >= 15 is 0 Å². The van der Waals surface area contributed by atoms with Gasteiger partial charge >= 0.3 is 0 Å². The van der Waals surface area contributed by atoms with Crippen LogP contribution in [0.1, 0.15) is 11.1 Å². The number of nitrogens with one attached hydrogen (secondary N) is 1. The molecule has 0 fully saturated rings. The molecule has 0 atom stereocenters. The number of nitrogens with zero attached hydrogens (tertiary/aromatic N) is 2. The summed E-state index contributed by atoms with van der Waals surface area (Å²) >= 11 is 0. The number of hydrogen-bond donors (Lipinski definition) is 1. The fraction of sp³-hybridized carbons (Fsp3) is 0.167. The lowest BCUT2D eigenvalue weighted by molar-refractivity contribution is -0.119. The van der Waals surface area contributed by atoms with Crippen LogP contribution < -0.4 is 19.2 Å². The SMILES string of the molecule is COc1ccc(/C=N\NC(=O)CN(c2ccccc2F)S(=O)(=O)c2ccc(C)cc2)c(OC)c1. The second-order valence-corrected chi connectivity index (χ2v) is 9.04. The molecule has 3 rings (SSSR count). The number of aryl methyl sites for hydroxylation is 1. The zero-order valence-electron chi connectivity index (χ0n) is 18.9. The summed E-state index contributed by atoms with van der Waals surface area (Å²) in [6.07, 6.45) is 1.35. The Morgan fingerprint density at radius 1 is 1.06 bits per heavy atom. The van der Waals surface area contributed by atoms with Crippen molar-refractivity contribution in [1.82, 2.24) is 5.43 Å². The molecule has 0 radical (unpaired) electrons. The van der Waals surface area contributed by atoms with E-state index in [0.29, 0.717) is 21.4 Å². The van der Waals surface area contributed by atoms with Crippen LogP contribution in [0.4, 0.5) is 10.1 Å². The zero-order chi connectivity index (χ0) is 24.7. The lowest BCUT2D eigenvalue weighted by atomic mass is 10.2. The Balaban J connectivity index is 1.84. The maximum absolute atomic E-state index is 14.5. The number of rotatable bonds is 9. The maximum atomic E-state index is 14.5. The fourth-order valence-electron chi connectivity index (χ4n) is 3.06. The molecule has 0 aliphatic carbocycles. The van der Waals surface area contributed by atoms with Crippen LogP contribution in [0, 0.1) is 12.7 Å². The highest BCUT2D eigenvalue weighted by atomic mass is 32.2. The van der Waals surface area contributed by atoms with E-state index in [0.717, 1.165) is 11.6 Å². The standard InChI is InChI=1S/C24H24FN3O5S/c1-17-8-12-20(13-9-17)34(30,31)28(22-7-5-4-6-21(22)25)16-24(29)27-26-15-18-10-11-19(32-2)14-23(18)33-3/h4-15H,16H2,1-3H3,(H,27,29)/b26-15-. The van der Waals surface area contributed by atoms with Gasteiger partial charge in [0, 0.05) is 11.6 Å². The summed E-state index contributed by atoms with van der Waals surface area (Å²) in [6.45, 7) is 1.13. The number of para-hydroxylation sites is 1. The normalized spacial score (nSPS) is 11.3. The molecule has 0 saturated heterocycles. The summed E-state index contributed by atoms with van der Waals surface area (Å²) in [5.41, 5.74) is 3.44. The van der Waals surface area contributed by atoms with E-state index in [9.17, 15) is 17.6 Å². The van der Waals surface area contributed by atoms with Crippen molar-refractivity contribution in [2.45, 2.75) is 11.8 Å². The molecular formula is C24H24FN3O5S. The van der Waals surface area contributed by atoms with Crippen LogP contribution in [-0.2, 0) is 14.8 Å². The number of anilines is 1. The van der Waals surface area contributed by atoms with Gasteiger partial charge in [-0.15, -0.1) is 0 Å². The molecule has 0 aliphatic rings. The highest BCUT2D eigenvalue weighted by Crippen LogP contribution is 2.26. The zero-order valence-corrected chi connectivity index (χ0v) is 19.7. The number of hydrazone groups is 1. The highest BCUT2D eigenvalue weighted by molar-refractivity contribution is 7.92. The predicted molar refractivity (Wildman–Crippen MR) is 127 cm³/mol. The summed E-state index contributed by atoms with van der Waals surface area (Å²) in [7, 11) is -1.24. The van der Waals surface area contributed by atoms with Gasteiger partial charge in [0.15, 0.2) is 0 Å². The number of carbonyl (C=O) groups excluding carboxylic acids is 1. The number of ether oxygens (including phenoxy) is 2. The van der Waals surface area contributed by atoms with Gasteiger partial charge in [-0.3, -0.25) is 9.10 Å². The van der Waals surface area contributed by atoms with E-state index < -0.39 is 28.3 Å². The van der Waals surface area contributed by atoms with Crippen molar-refractivity contribution < 1.29 is 27.1 Å². The minimum Gasteiger partial charge on any atom is -0.497 e. The number of methoxy groups -OCH3 is 2. The molecule has 3 aromatic carbocycles. The summed E-state index contributed by atoms with van der Waals surface area (Å²) in [4.78, 5) is 12.5. The van der Waals surface area contributed by atoms with Crippen LogP contribution in [0.5, 0.6) is 11.5 Å². The number of benzene rings is 3. The first kappa shape index (κ1) is 24.7. The molecule has 0 saturated carbocycles. The summed E-state index contributed by atoms with van der Waals surface area (Å²) in [5, 5.41) is 3.88. The number of amides is 1. The second kappa shape index (κ2) is 10.8. The smallest absolute Gasteiger partial charge is 0.264 e. The van der Waals surface area contributed by atoms with Crippen molar-refractivity contribution in [3.63, 3.8) is 0 Å². The monoisotopic (exact) mass is 485 g/mol. The third-order valence-electron chi connectivity index (χ3n) is 4.85. The Bertz CT molecular complexity index is 1290. The molecule has 1 amide bonds. The largest absolute Gasteiger partial charge is 0.497 e. The summed E-state index contributed by atoms with van der Waals surface area (Å²) in [6, 6.07) is 16.4. The highest BCUT2D eigenvalue weighted by Gasteiger charge is 2.29. The molecule has 0 bridgehead atoms. The van der Waals surface area contributed by atoms with Crippen molar-refractivity contribution in [2.24, 2.45) is 5.10 Å². The molecule has 0 aromatic heterocycles. The lowest BCUT2D eigenvalue weighted by Crippen LogP contribution is -2.40. The molecule has 0 unspecified atom stereocenters. The van der Waals surface area contributed by atoms with Crippen LogP contribution in [0.15, 0.2) is 76.7 Å². The molecule has 1 N–H and O–H groups in total. The van der Waals surface area contributed by atoms with E-state index in [1.165, 1.54) is 50.8 Å². The first-order valence-electron chi connectivity index (χ1n) is 10.1. The van der Waals surface area contributed by atoms with Gasteiger partial charge in [0.25, 0.3) is 15.9 Å². The van der Waals surface area contributed by atoms with Gasteiger partial charge in [0.2, 0.25) is 0 Å². The van der Waals surface area contributed by atoms with Crippen LogP contribution in [0.25, 0.3) is 0 Å². The maximum Gasteiger partial charge on any atom is 0.264 e. The number of hydrogen-bond acceptors (Lipinski definition) is 6. The van der Waals surface area contributed by atoms with Crippen LogP contribution in [-0.4, -0.2) is 41.3 Å². The number of halogens is 1. The van der Waals surface area contributed by atoms with Crippen molar-refractivity contribution in [3.8, 4) is 11.5 Å². The first-order valence-corrected chi connectivity index (χ1v) is 11.6. The molecule has 10 heteroatoms. The predicted octanol–water partition coefficient (Wildman–Crippen LogP) is 3.50. The Kier molecular flexibility index (Phi) is 7.85. The van der Waals surface area contributed by atoms with Crippen molar-refractivity contribution in [1.29, 1.82) is 0 Å². The van der Waals surface area contributed by atoms with Gasteiger partial charge in [0.05, 0.1) is 31.0 Å². The molecule has 0 heterocycles. The van der Waals surface area contributed by atoms with Gasteiger partial charge in [-0.05, 0) is 43.3 Å². The Hall–Kier alpha value is -3.92. The van der Waals surface area contributed by atoms with E-state index in [1.54, 1.807) is 30.3 Å². The Morgan fingerprint density at radius 2 is 1.76 bits per heavy atom. The average Bonchev–Trinajstić information content (AvgIpc) is 2.83. The molecule has 8 nitrogen and oxygen atoms in total. The van der Waals surface area contributed by atoms with Crippen LogP contribution in [0.2, 0.25) is 0 Å². The average molecular weight is 486 g/mol. The van der Waals surface area contributed by atoms with Gasteiger partial charge in [0.1, 0.15) is 23.9 Å².